The zero-order chi connectivity index (χ0) is 22.3. The number of hydrogen-bond donors (Lipinski definition) is 0. The molecule has 0 spiro atoms. The molecule has 4 rings (SSSR count). The number of nitro groups is 1. The van der Waals surface area contributed by atoms with E-state index in [9.17, 15) is 19.7 Å². The van der Waals surface area contributed by atoms with Crippen molar-refractivity contribution in [2.45, 2.75) is 26.1 Å². The summed E-state index contributed by atoms with van der Waals surface area (Å²) in [5.41, 5.74) is 1.19. The molecule has 2 amide bonds. The SMILES string of the molecule is CC1CN(C2=C(c3ccc([N+](=O)[O-])cc3)C(=O)N(c3cccc(Cl)c3)C2=O)CC(C)O1. The molecule has 1 saturated heterocycles. The Labute approximate surface area is 183 Å². The van der Waals surface area contributed by atoms with Crippen LogP contribution in [0.25, 0.3) is 5.57 Å². The van der Waals surface area contributed by atoms with Crippen LogP contribution in [0.15, 0.2) is 54.2 Å². The molecule has 0 N–H and O–H groups in total. The summed E-state index contributed by atoms with van der Waals surface area (Å²) in [5, 5.41) is 11.4. The van der Waals surface area contributed by atoms with Gasteiger partial charge in [-0.3, -0.25) is 19.7 Å². The first-order valence-electron chi connectivity index (χ1n) is 9.80. The molecule has 9 heteroatoms. The number of carbonyl (C=O) groups is 2. The fourth-order valence-corrected chi connectivity index (χ4v) is 4.22. The van der Waals surface area contributed by atoms with Crippen molar-refractivity contribution in [3.63, 3.8) is 0 Å². The van der Waals surface area contributed by atoms with Crippen LogP contribution in [0.5, 0.6) is 0 Å². The minimum atomic E-state index is -0.510. The Morgan fingerprint density at radius 1 is 1.03 bits per heavy atom. The fourth-order valence-electron chi connectivity index (χ4n) is 4.03. The van der Waals surface area contributed by atoms with Crippen LogP contribution in [-0.2, 0) is 14.3 Å². The van der Waals surface area contributed by atoms with Crippen LogP contribution in [-0.4, -0.2) is 46.9 Å². The van der Waals surface area contributed by atoms with E-state index in [-0.39, 0.29) is 29.2 Å². The summed E-state index contributed by atoms with van der Waals surface area (Å²) in [5.74, 6) is -0.954. The maximum Gasteiger partial charge on any atom is 0.282 e. The molecule has 2 aromatic rings. The monoisotopic (exact) mass is 441 g/mol. The Bertz CT molecular complexity index is 1090. The van der Waals surface area contributed by atoms with Crippen molar-refractivity contribution in [2.24, 2.45) is 0 Å². The van der Waals surface area contributed by atoms with Crippen LogP contribution in [0, 0.1) is 10.1 Å². The second-order valence-corrected chi connectivity index (χ2v) is 8.05. The summed E-state index contributed by atoms with van der Waals surface area (Å²) in [6.07, 6.45) is -0.255. The van der Waals surface area contributed by atoms with E-state index in [4.69, 9.17) is 16.3 Å². The number of rotatable bonds is 4. The minimum Gasteiger partial charge on any atom is -0.372 e. The van der Waals surface area contributed by atoms with E-state index in [2.05, 4.69) is 0 Å². The van der Waals surface area contributed by atoms with E-state index in [1.807, 2.05) is 18.7 Å². The predicted octanol–water partition coefficient (Wildman–Crippen LogP) is 3.64. The van der Waals surface area contributed by atoms with Crippen molar-refractivity contribution in [1.29, 1.82) is 0 Å². The van der Waals surface area contributed by atoms with Crippen molar-refractivity contribution >= 4 is 40.4 Å². The van der Waals surface area contributed by atoms with Gasteiger partial charge in [-0.2, -0.15) is 0 Å². The summed E-state index contributed by atoms with van der Waals surface area (Å²) in [4.78, 5) is 40.5. The summed E-state index contributed by atoms with van der Waals surface area (Å²) >= 11 is 6.09. The molecule has 8 nitrogen and oxygen atoms in total. The molecule has 2 aliphatic rings. The molecular formula is C22H20ClN3O5. The molecule has 2 atom stereocenters. The summed E-state index contributed by atoms with van der Waals surface area (Å²) in [6, 6.07) is 12.2. The van der Waals surface area contributed by atoms with Gasteiger partial charge in [0.25, 0.3) is 17.5 Å². The number of non-ortho nitro benzene ring substituents is 1. The summed E-state index contributed by atoms with van der Waals surface area (Å²) in [6.45, 7) is 4.70. The van der Waals surface area contributed by atoms with E-state index in [1.165, 1.54) is 24.3 Å². The van der Waals surface area contributed by atoms with E-state index < -0.39 is 16.7 Å². The molecule has 0 bridgehead atoms. The molecular weight excluding hydrogens is 422 g/mol. The third kappa shape index (κ3) is 3.92. The van der Waals surface area contributed by atoms with Gasteiger partial charge in [0, 0.05) is 30.2 Å². The minimum absolute atomic E-state index is 0.0945. The summed E-state index contributed by atoms with van der Waals surface area (Å²) < 4.78 is 5.78. The van der Waals surface area contributed by atoms with Gasteiger partial charge in [-0.1, -0.05) is 17.7 Å². The average Bonchev–Trinajstić information content (AvgIpc) is 2.97. The first kappa shape index (κ1) is 21.0. The highest BCUT2D eigenvalue weighted by atomic mass is 35.5. The Hall–Kier alpha value is -3.23. The van der Waals surface area contributed by atoms with Crippen molar-refractivity contribution in [3.05, 3.63) is 74.9 Å². The molecule has 0 aromatic heterocycles. The van der Waals surface area contributed by atoms with Crippen molar-refractivity contribution in [3.8, 4) is 0 Å². The van der Waals surface area contributed by atoms with Crippen LogP contribution in [0.4, 0.5) is 11.4 Å². The molecule has 160 valence electrons. The van der Waals surface area contributed by atoms with E-state index in [1.54, 1.807) is 24.3 Å². The lowest BCUT2D eigenvalue weighted by Crippen LogP contribution is -2.47. The first-order valence-corrected chi connectivity index (χ1v) is 10.2. The fraction of sp³-hybridized carbons (Fsp3) is 0.273. The largest absolute Gasteiger partial charge is 0.372 e. The lowest BCUT2D eigenvalue weighted by molar-refractivity contribution is -0.384. The van der Waals surface area contributed by atoms with Crippen molar-refractivity contribution in [2.75, 3.05) is 18.0 Å². The zero-order valence-electron chi connectivity index (χ0n) is 16.9. The number of ether oxygens (including phenoxy) is 1. The number of halogens is 1. The number of imide groups is 1. The highest BCUT2D eigenvalue weighted by molar-refractivity contribution is 6.45. The smallest absolute Gasteiger partial charge is 0.282 e. The number of nitrogens with zero attached hydrogens (tertiary/aromatic N) is 3. The van der Waals surface area contributed by atoms with Gasteiger partial charge in [0.1, 0.15) is 5.70 Å². The highest BCUT2D eigenvalue weighted by Gasteiger charge is 2.44. The van der Waals surface area contributed by atoms with Crippen LogP contribution < -0.4 is 4.90 Å². The molecule has 31 heavy (non-hydrogen) atoms. The lowest BCUT2D eigenvalue weighted by Gasteiger charge is -2.37. The maximum atomic E-state index is 13.5. The predicted molar refractivity (Wildman–Crippen MR) is 116 cm³/mol. The second kappa shape index (κ2) is 8.13. The first-order chi connectivity index (χ1) is 14.8. The van der Waals surface area contributed by atoms with Crippen LogP contribution in [0.3, 0.4) is 0 Å². The molecule has 2 heterocycles. The molecule has 2 aromatic carbocycles. The van der Waals surface area contributed by atoms with Gasteiger partial charge in [-0.15, -0.1) is 0 Å². The van der Waals surface area contributed by atoms with Gasteiger partial charge < -0.3 is 9.64 Å². The van der Waals surface area contributed by atoms with Gasteiger partial charge in [0.2, 0.25) is 0 Å². The number of carbonyl (C=O) groups excluding carboxylic acids is 2. The van der Waals surface area contributed by atoms with Crippen LogP contribution >= 0.6 is 11.6 Å². The number of hydrogen-bond acceptors (Lipinski definition) is 6. The van der Waals surface area contributed by atoms with Gasteiger partial charge in [0.15, 0.2) is 0 Å². The Morgan fingerprint density at radius 2 is 1.68 bits per heavy atom. The van der Waals surface area contributed by atoms with Gasteiger partial charge in [-0.25, -0.2) is 4.90 Å². The van der Waals surface area contributed by atoms with Crippen LogP contribution in [0.2, 0.25) is 5.02 Å². The second-order valence-electron chi connectivity index (χ2n) is 7.62. The van der Waals surface area contributed by atoms with Crippen LogP contribution in [0.1, 0.15) is 19.4 Å². The quantitative estimate of drug-likeness (QED) is 0.408. The number of amides is 2. The third-order valence-electron chi connectivity index (χ3n) is 5.23. The standard InChI is InChI=1S/C22H20ClN3O5/c1-13-11-24(12-14(2)31-13)20-19(15-6-8-17(9-7-15)26(29)30)21(27)25(22(20)28)18-5-3-4-16(23)10-18/h3-10,13-14H,11-12H2,1-2H3. The van der Waals surface area contributed by atoms with Gasteiger partial charge in [0.05, 0.1) is 28.4 Å². The Kier molecular flexibility index (Phi) is 5.51. The van der Waals surface area contributed by atoms with Crippen molar-refractivity contribution in [1.82, 2.24) is 4.90 Å². The molecule has 0 saturated carbocycles. The number of morpholine rings is 1. The third-order valence-corrected chi connectivity index (χ3v) is 5.46. The number of anilines is 1. The zero-order valence-corrected chi connectivity index (χ0v) is 17.7. The number of nitro benzene ring substituents is 1. The van der Waals surface area contributed by atoms with Crippen molar-refractivity contribution < 1.29 is 19.2 Å². The van der Waals surface area contributed by atoms with Gasteiger partial charge >= 0.3 is 0 Å². The normalized spacial score (nSPS) is 21.8. The molecule has 0 radical (unpaired) electrons. The maximum absolute atomic E-state index is 13.5. The average molecular weight is 442 g/mol. The molecule has 1 fully saturated rings. The molecule has 2 unspecified atom stereocenters. The topological polar surface area (TPSA) is 93.0 Å². The van der Waals surface area contributed by atoms with E-state index in [0.717, 1.165) is 4.90 Å². The molecule has 0 aliphatic carbocycles. The highest BCUT2D eigenvalue weighted by Crippen LogP contribution is 2.37. The molecule has 2 aliphatic heterocycles. The van der Waals surface area contributed by atoms with E-state index in [0.29, 0.717) is 29.4 Å². The Balaban J connectivity index is 1.83. The Morgan fingerprint density at radius 3 is 2.26 bits per heavy atom. The summed E-state index contributed by atoms with van der Waals surface area (Å²) in [7, 11) is 0. The lowest BCUT2D eigenvalue weighted by atomic mass is 10.0. The number of benzene rings is 2. The van der Waals surface area contributed by atoms with E-state index >= 15 is 0 Å². The van der Waals surface area contributed by atoms with Gasteiger partial charge in [-0.05, 0) is 49.7 Å².